The van der Waals surface area contributed by atoms with Gasteiger partial charge in [0.2, 0.25) is 0 Å². The Morgan fingerprint density at radius 1 is 1.36 bits per heavy atom. The molecule has 0 fully saturated rings. The Balaban J connectivity index is 2.60. The van der Waals surface area contributed by atoms with E-state index in [1.807, 2.05) is 31.2 Å². The summed E-state index contributed by atoms with van der Waals surface area (Å²) in [6, 6.07) is 7.68. The first-order valence-electron chi connectivity index (χ1n) is 4.18. The van der Waals surface area contributed by atoms with Gasteiger partial charge in [-0.1, -0.05) is 11.6 Å². The van der Waals surface area contributed by atoms with Crippen LogP contribution in [0, 0.1) is 6.92 Å². The van der Waals surface area contributed by atoms with E-state index in [0.717, 1.165) is 21.4 Å². The van der Waals surface area contributed by atoms with Gasteiger partial charge in [0.1, 0.15) is 5.76 Å². The topological polar surface area (TPSA) is 13.1 Å². The smallest absolute Gasteiger partial charge is 0.134 e. The average Bonchev–Trinajstić information content (AvgIpc) is 2.64. The number of hydrogen-bond acceptors (Lipinski definition) is 1. The van der Waals surface area contributed by atoms with Crippen molar-refractivity contribution in [1.29, 1.82) is 0 Å². The number of benzene rings is 1. The maximum Gasteiger partial charge on any atom is 0.134 e. The van der Waals surface area contributed by atoms with Crippen molar-refractivity contribution in [3.8, 4) is 11.3 Å². The van der Waals surface area contributed by atoms with Crippen molar-refractivity contribution in [3.05, 3.63) is 45.6 Å². The van der Waals surface area contributed by atoms with Crippen LogP contribution in [0.3, 0.4) is 0 Å². The quantitative estimate of drug-likeness (QED) is 0.734. The molecule has 0 saturated carbocycles. The Labute approximate surface area is 95.8 Å². The average molecular weight is 272 g/mol. The van der Waals surface area contributed by atoms with Crippen LogP contribution in [0.5, 0.6) is 0 Å². The van der Waals surface area contributed by atoms with E-state index in [9.17, 15) is 0 Å². The minimum atomic E-state index is 0.696. The van der Waals surface area contributed by atoms with E-state index < -0.39 is 0 Å². The van der Waals surface area contributed by atoms with Crippen molar-refractivity contribution in [1.82, 2.24) is 0 Å². The van der Waals surface area contributed by atoms with Crippen LogP contribution < -0.4 is 0 Å². The van der Waals surface area contributed by atoms with E-state index in [0.29, 0.717) is 5.02 Å². The Morgan fingerprint density at radius 3 is 2.79 bits per heavy atom. The van der Waals surface area contributed by atoms with Crippen molar-refractivity contribution in [2.45, 2.75) is 6.92 Å². The highest BCUT2D eigenvalue weighted by atomic mass is 79.9. The van der Waals surface area contributed by atoms with Gasteiger partial charge < -0.3 is 4.42 Å². The molecule has 0 atom stereocenters. The third-order valence-corrected chi connectivity index (χ3v) is 3.25. The summed E-state index contributed by atoms with van der Waals surface area (Å²) in [5.74, 6) is 0.844. The monoisotopic (exact) mass is 270 g/mol. The molecule has 14 heavy (non-hydrogen) atoms. The van der Waals surface area contributed by atoms with E-state index in [1.165, 1.54) is 0 Å². The zero-order chi connectivity index (χ0) is 10.1. The maximum absolute atomic E-state index is 6.01. The van der Waals surface area contributed by atoms with Crippen LogP contribution in [0.25, 0.3) is 11.3 Å². The number of hydrogen-bond donors (Lipinski definition) is 0. The first-order chi connectivity index (χ1) is 6.68. The molecule has 1 aromatic carbocycles. The molecule has 0 radical (unpaired) electrons. The first kappa shape index (κ1) is 9.81. The Morgan fingerprint density at radius 2 is 2.14 bits per heavy atom. The van der Waals surface area contributed by atoms with Gasteiger partial charge in [-0.2, -0.15) is 0 Å². The van der Waals surface area contributed by atoms with Crippen molar-refractivity contribution >= 4 is 27.5 Å². The molecule has 0 aliphatic rings. The third kappa shape index (κ3) is 1.72. The molecule has 0 saturated heterocycles. The summed E-state index contributed by atoms with van der Waals surface area (Å²) in [6.45, 7) is 2.03. The van der Waals surface area contributed by atoms with Gasteiger partial charge in [0, 0.05) is 10.0 Å². The highest BCUT2D eigenvalue weighted by Crippen LogP contribution is 2.32. The summed E-state index contributed by atoms with van der Waals surface area (Å²) in [4.78, 5) is 0. The van der Waals surface area contributed by atoms with E-state index >= 15 is 0 Å². The molecular formula is C11H8BrClO. The molecule has 1 heterocycles. The van der Waals surface area contributed by atoms with Gasteiger partial charge >= 0.3 is 0 Å². The van der Waals surface area contributed by atoms with Crippen LogP contribution in [-0.2, 0) is 0 Å². The molecule has 3 heteroatoms. The van der Waals surface area contributed by atoms with Crippen LogP contribution >= 0.6 is 27.5 Å². The summed E-state index contributed by atoms with van der Waals surface area (Å²) >= 11 is 9.40. The Bertz CT molecular complexity index is 449. The summed E-state index contributed by atoms with van der Waals surface area (Å²) in [5, 5.41) is 0.696. The SMILES string of the molecule is Cc1cc(Br)c(Cl)cc1-c1ccco1. The van der Waals surface area contributed by atoms with Crippen molar-refractivity contribution < 1.29 is 4.42 Å². The minimum absolute atomic E-state index is 0.696. The minimum Gasteiger partial charge on any atom is -0.464 e. The van der Waals surface area contributed by atoms with Gasteiger partial charge in [-0.25, -0.2) is 0 Å². The van der Waals surface area contributed by atoms with Gasteiger partial charge in [0.15, 0.2) is 0 Å². The van der Waals surface area contributed by atoms with Crippen LogP contribution in [0.1, 0.15) is 5.56 Å². The summed E-state index contributed by atoms with van der Waals surface area (Å²) in [7, 11) is 0. The van der Waals surface area contributed by atoms with E-state index in [1.54, 1.807) is 6.26 Å². The molecule has 1 aromatic heterocycles. The van der Waals surface area contributed by atoms with Crippen molar-refractivity contribution in [2.24, 2.45) is 0 Å². The molecular weight excluding hydrogens is 263 g/mol. The third-order valence-electron chi connectivity index (χ3n) is 2.05. The second kappa shape index (κ2) is 3.79. The highest BCUT2D eigenvalue weighted by Gasteiger charge is 2.07. The van der Waals surface area contributed by atoms with Gasteiger partial charge in [0.05, 0.1) is 11.3 Å². The van der Waals surface area contributed by atoms with Gasteiger partial charge in [0.25, 0.3) is 0 Å². The molecule has 0 unspecified atom stereocenters. The first-order valence-corrected chi connectivity index (χ1v) is 5.35. The van der Waals surface area contributed by atoms with Gasteiger partial charge in [-0.15, -0.1) is 0 Å². The second-order valence-corrected chi connectivity index (χ2v) is 4.32. The molecule has 72 valence electrons. The summed E-state index contributed by atoms with van der Waals surface area (Å²) in [6.07, 6.45) is 1.66. The number of furan rings is 1. The second-order valence-electron chi connectivity index (χ2n) is 3.06. The van der Waals surface area contributed by atoms with Crippen LogP contribution in [0.2, 0.25) is 5.02 Å². The molecule has 2 rings (SSSR count). The largest absolute Gasteiger partial charge is 0.464 e. The zero-order valence-electron chi connectivity index (χ0n) is 7.55. The Kier molecular flexibility index (Phi) is 2.66. The number of rotatable bonds is 1. The van der Waals surface area contributed by atoms with Crippen LogP contribution in [0.15, 0.2) is 39.4 Å². The highest BCUT2D eigenvalue weighted by molar-refractivity contribution is 9.10. The molecule has 0 bridgehead atoms. The van der Waals surface area contributed by atoms with E-state index in [2.05, 4.69) is 15.9 Å². The van der Waals surface area contributed by atoms with Crippen molar-refractivity contribution in [2.75, 3.05) is 0 Å². The fourth-order valence-electron chi connectivity index (χ4n) is 1.34. The lowest BCUT2D eigenvalue weighted by atomic mass is 10.1. The Hall–Kier alpha value is -0.730. The molecule has 0 amide bonds. The summed E-state index contributed by atoms with van der Waals surface area (Å²) < 4.78 is 6.23. The lowest BCUT2D eigenvalue weighted by molar-refractivity contribution is 0.582. The van der Waals surface area contributed by atoms with Crippen molar-refractivity contribution in [3.63, 3.8) is 0 Å². The fraction of sp³-hybridized carbons (Fsp3) is 0.0909. The zero-order valence-corrected chi connectivity index (χ0v) is 9.89. The predicted octanol–water partition coefficient (Wildman–Crippen LogP) is 4.67. The summed E-state index contributed by atoms with van der Waals surface area (Å²) in [5.41, 5.74) is 2.17. The molecule has 0 spiro atoms. The molecule has 0 aliphatic carbocycles. The fourth-order valence-corrected chi connectivity index (χ4v) is 1.97. The normalized spacial score (nSPS) is 10.5. The van der Waals surface area contributed by atoms with Crippen LogP contribution in [-0.4, -0.2) is 0 Å². The molecule has 2 aromatic rings. The predicted molar refractivity (Wildman–Crippen MR) is 61.6 cm³/mol. The molecule has 1 nitrogen and oxygen atoms in total. The molecule has 0 N–H and O–H groups in total. The number of halogens is 2. The lowest BCUT2D eigenvalue weighted by Crippen LogP contribution is -1.82. The maximum atomic E-state index is 6.01. The molecule has 0 aliphatic heterocycles. The van der Waals surface area contributed by atoms with E-state index in [-0.39, 0.29) is 0 Å². The number of aryl methyl sites for hydroxylation is 1. The van der Waals surface area contributed by atoms with E-state index in [4.69, 9.17) is 16.0 Å². The van der Waals surface area contributed by atoms with Crippen LogP contribution in [0.4, 0.5) is 0 Å². The van der Waals surface area contributed by atoms with Gasteiger partial charge in [-0.05, 0) is 52.7 Å². The van der Waals surface area contributed by atoms with Gasteiger partial charge in [-0.3, -0.25) is 0 Å². The lowest BCUT2D eigenvalue weighted by Gasteiger charge is -2.04. The standard InChI is InChI=1S/C11H8BrClO/c1-7-5-9(12)10(13)6-8(7)11-3-2-4-14-11/h2-6H,1H3.